The van der Waals surface area contributed by atoms with Crippen molar-refractivity contribution in [3.8, 4) is 0 Å². The van der Waals surface area contributed by atoms with Gasteiger partial charge in [-0.15, -0.1) is 0 Å². The first-order chi connectivity index (χ1) is 12.2. The number of nitrogens with one attached hydrogen (secondary N) is 2. The molecule has 0 bridgehead atoms. The smallest absolute Gasteiger partial charge is 0.317 e. The number of piperazine rings is 1. The number of urea groups is 1. The minimum atomic E-state index is -0.181. The van der Waals surface area contributed by atoms with Crippen LogP contribution in [0.3, 0.4) is 0 Å². The highest BCUT2D eigenvalue weighted by Crippen LogP contribution is 2.15. The minimum Gasteiger partial charge on any atom is -0.376 e. The van der Waals surface area contributed by atoms with Crippen molar-refractivity contribution >= 4 is 17.6 Å². The van der Waals surface area contributed by atoms with Gasteiger partial charge in [0, 0.05) is 45.0 Å². The number of carbonyl (C=O) groups excluding carboxylic acids is 2. The lowest BCUT2D eigenvalue weighted by molar-refractivity contribution is -0.120. The summed E-state index contributed by atoms with van der Waals surface area (Å²) in [6.07, 6.45) is 2.15. The van der Waals surface area contributed by atoms with Crippen LogP contribution in [0.15, 0.2) is 30.3 Å². The van der Waals surface area contributed by atoms with Crippen LogP contribution < -0.4 is 15.5 Å². The fourth-order valence-corrected chi connectivity index (χ4v) is 3.17. The fraction of sp³-hybridized carbons (Fsp3) is 0.556. The lowest BCUT2D eigenvalue weighted by atomic mass is 10.2. The molecule has 0 aromatic heterocycles. The van der Waals surface area contributed by atoms with E-state index in [1.165, 1.54) is 5.69 Å². The quantitative estimate of drug-likeness (QED) is 0.828. The Hall–Kier alpha value is -2.28. The molecule has 2 fully saturated rings. The molecule has 0 aliphatic carbocycles. The monoisotopic (exact) mass is 346 g/mol. The number of nitrogens with zero attached hydrogens (tertiary/aromatic N) is 2. The molecule has 136 valence electrons. The van der Waals surface area contributed by atoms with E-state index in [1.54, 1.807) is 4.90 Å². The molecule has 2 saturated heterocycles. The molecule has 0 spiro atoms. The Balaban J connectivity index is 1.34. The van der Waals surface area contributed by atoms with Gasteiger partial charge < -0.3 is 25.2 Å². The third kappa shape index (κ3) is 5.09. The zero-order valence-electron chi connectivity index (χ0n) is 14.4. The van der Waals surface area contributed by atoms with Crippen LogP contribution >= 0.6 is 0 Å². The number of para-hydroxylation sites is 1. The number of rotatable bonds is 5. The zero-order chi connectivity index (χ0) is 17.5. The fourth-order valence-electron chi connectivity index (χ4n) is 3.17. The molecule has 25 heavy (non-hydrogen) atoms. The number of amides is 3. The Kier molecular flexibility index (Phi) is 6.11. The van der Waals surface area contributed by atoms with Crippen molar-refractivity contribution in [3.05, 3.63) is 30.3 Å². The number of ether oxygens (including phenoxy) is 1. The molecule has 3 rings (SSSR count). The Labute approximate surface area is 148 Å². The Morgan fingerprint density at radius 1 is 1.08 bits per heavy atom. The molecule has 2 aliphatic heterocycles. The summed E-state index contributed by atoms with van der Waals surface area (Å²) in [6.45, 7) is 4.18. The molecule has 2 N–H and O–H groups in total. The second-order valence-electron chi connectivity index (χ2n) is 6.41. The van der Waals surface area contributed by atoms with Crippen LogP contribution in [0.25, 0.3) is 0 Å². The topological polar surface area (TPSA) is 73.9 Å². The van der Waals surface area contributed by atoms with E-state index >= 15 is 0 Å². The number of anilines is 1. The van der Waals surface area contributed by atoms with Gasteiger partial charge in [0.1, 0.15) is 0 Å². The molecule has 7 nitrogen and oxygen atoms in total. The summed E-state index contributed by atoms with van der Waals surface area (Å²) in [6, 6.07) is 10.0. The molecule has 2 heterocycles. The van der Waals surface area contributed by atoms with Crippen molar-refractivity contribution in [1.29, 1.82) is 0 Å². The van der Waals surface area contributed by atoms with Gasteiger partial charge in [0.05, 0.1) is 12.6 Å². The van der Waals surface area contributed by atoms with Crippen molar-refractivity contribution in [3.63, 3.8) is 0 Å². The standard InChI is InChI=1S/C18H26N4O3/c23-17(19-13-16-7-4-12-25-16)14-20-18(24)22-10-8-21(9-11-22)15-5-2-1-3-6-15/h1-3,5-6,16H,4,7-14H2,(H,19,23)(H,20,24)/t16-/m1/s1. The van der Waals surface area contributed by atoms with Crippen LogP contribution in [0.1, 0.15) is 12.8 Å². The third-order valence-corrected chi connectivity index (χ3v) is 4.64. The number of hydrogen-bond donors (Lipinski definition) is 2. The molecule has 0 unspecified atom stereocenters. The molecule has 0 saturated carbocycles. The summed E-state index contributed by atoms with van der Waals surface area (Å²) in [7, 11) is 0. The maximum Gasteiger partial charge on any atom is 0.317 e. The van der Waals surface area contributed by atoms with Crippen LogP contribution in [0.2, 0.25) is 0 Å². The summed E-state index contributed by atoms with van der Waals surface area (Å²) >= 11 is 0. The molecular weight excluding hydrogens is 320 g/mol. The van der Waals surface area contributed by atoms with Gasteiger partial charge in [-0.05, 0) is 25.0 Å². The number of benzene rings is 1. The summed E-state index contributed by atoms with van der Waals surface area (Å²) in [5.41, 5.74) is 1.18. The molecule has 1 atom stereocenters. The lowest BCUT2D eigenvalue weighted by Gasteiger charge is -2.36. The van der Waals surface area contributed by atoms with Gasteiger partial charge >= 0.3 is 6.03 Å². The van der Waals surface area contributed by atoms with Crippen LogP contribution in [0, 0.1) is 0 Å². The molecule has 1 aromatic rings. The van der Waals surface area contributed by atoms with Gasteiger partial charge in [0.25, 0.3) is 0 Å². The molecule has 0 radical (unpaired) electrons. The molecule has 1 aromatic carbocycles. The van der Waals surface area contributed by atoms with Gasteiger partial charge in [0.2, 0.25) is 5.91 Å². The number of hydrogen-bond acceptors (Lipinski definition) is 4. The van der Waals surface area contributed by atoms with E-state index in [0.29, 0.717) is 19.6 Å². The van der Waals surface area contributed by atoms with E-state index in [9.17, 15) is 9.59 Å². The summed E-state index contributed by atoms with van der Waals surface area (Å²) in [5.74, 6) is -0.174. The van der Waals surface area contributed by atoms with Crippen LogP contribution in [-0.4, -0.2) is 68.8 Å². The van der Waals surface area contributed by atoms with Crippen LogP contribution in [0.4, 0.5) is 10.5 Å². The van der Waals surface area contributed by atoms with Gasteiger partial charge in [-0.25, -0.2) is 4.79 Å². The van der Waals surface area contributed by atoms with Crippen molar-refractivity contribution in [2.45, 2.75) is 18.9 Å². The normalized spacial score (nSPS) is 20.4. The van der Waals surface area contributed by atoms with Crippen LogP contribution in [-0.2, 0) is 9.53 Å². The SMILES string of the molecule is O=C(CNC(=O)N1CCN(c2ccccc2)CC1)NC[C@H]1CCCO1. The van der Waals surface area contributed by atoms with E-state index in [0.717, 1.165) is 32.5 Å². The average molecular weight is 346 g/mol. The molecule has 2 aliphatic rings. The van der Waals surface area contributed by atoms with E-state index in [-0.39, 0.29) is 24.6 Å². The van der Waals surface area contributed by atoms with Gasteiger partial charge in [0.15, 0.2) is 0 Å². The van der Waals surface area contributed by atoms with E-state index in [4.69, 9.17) is 4.74 Å². The van der Waals surface area contributed by atoms with Crippen molar-refractivity contribution in [1.82, 2.24) is 15.5 Å². The van der Waals surface area contributed by atoms with Crippen LogP contribution in [0.5, 0.6) is 0 Å². The largest absolute Gasteiger partial charge is 0.376 e. The predicted molar refractivity (Wildman–Crippen MR) is 95.6 cm³/mol. The molecule has 7 heteroatoms. The van der Waals surface area contributed by atoms with E-state index in [2.05, 4.69) is 27.7 Å². The minimum absolute atomic E-state index is 0.00442. The Morgan fingerprint density at radius 2 is 1.84 bits per heavy atom. The second-order valence-corrected chi connectivity index (χ2v) is 6.41. The average Bonchev–Trinajstić information content (AvgIpc) is 3.19. The van der Waals surface area contributed by atoms with Crippen molar-refractivity contribution < 1.29 is 14.3 Å². The maximum atomic E-state index is 12.2. The summed E-state index contributed by atoms with van der Waals surface area (Å²) in [4.78, 5) is 28.0. The predicted octanol–water partition coefficient (Wildman–Crippen LogP) is 0.813. The highest BCUT2D eigenvalue weighted by molar-refractivity contribution is 5.84. The van der Waals surface area contributed by atoms with E-state index < -0.39 is 0 Å². The second kappa shape index (κ2) is 8.71. The van der Waals surface area contributed by atoms with Crippen molar-refractivity contribution in [2.75, 3.05) is 50.8 Å². The first-order valence-electron chi connectivity index (χ1n) is 8.93. The van der Waals surface area contributed by atoms with Gasteiger partial charge in [-0.1, -0.05) is 18.2 Å². The van der Waals surface area contributed by atoms with Crippen molar-refractivity contribution in [2.24, 2.45) is 0 Å². The Bertz CT molecular complexity index is 567. The summed E-state index contributed by atoms with van der Waals surface area (Å²) < 4.78 is 5.46. The lowest BCUT2D eigenvalue weighted by Crippen LogP contribution is -2.53. The maximum absolute atomic E-state index is 12.2. The van der Waals surface area contributed by atoms with E-state index in [1.807, 2.05) is 18.2 Å². The first-order valence-corrected chi connectivity index (χ1v) is 8.93. The molecule has 3 amide bonds. The highest BCUT2D eigenvalue weighted by atomic mass is 16.5. The zero-order valence-corrected chi connectivity index (χ0v) is 14.4. The van der Waals surface area contributed by atoms with Gasteiger partial charge in [-0.2, -0.15) is 0 Å². The third-order valence-electron chi connectivity index (χ3n) is 4.64. The first kappa shape index (κ1) is 17.5. The Morgan fingerprint density at radius 3 is 2.52 bits per heavy atom. The molecular formula is C18H26N4O3. The number of carbonyl (C=O) groups is 2. The summed E-state index contributed by atoms with van der Waals surface area (Å²) in [5, 5.41) is 5.50. The highest BCUT2D eigenvalue weighted by Gasteiger charge is 2.22. The van der Waals surface area contributed by atoms with Gasteiger partial charge in [-0.3, -0.25) is 4.79 Å².